The van der Waals surface area contributed by atoms with Crippen LogP contribution < -0.4 is 19.7 Å². The highest BCUT2D eigenvalue weighted by atomic mass is 16.5. The highest BCUT2D eigenvalue weighted by molar-refractivity contribution is 5.90. The summed E-state index contributed by atoms with van der Waals surface area (Å²) < 4.78 is 15.9. The molecule has 3 aromatic rings. The van der Waals surface area contributed by atoms with Crippen LogP contribution in [0, 0.1) is 6.92 Å². The van der Waals surface area contributed by atoms with E-state index in [1.807, 2.05) is 56.4 Å². The molecule has 1 aromatic heterocycles. The van der Waals surface area contributed by atoms with Gasteiger partial charge in [0.25, 0.3) is 5.91 Å². The van der Waals surface area contributed by atoms with Gasteiger partial charge in [-0.3, -0.25) is 10.1 Å². The average Bonchev–Trinajstić information content (AvgIpc) is 3.16. The molecule has 29 heavy (non-hydrogen) atoms. The number of rotatable bonds is 8. The van der Waals surface area contributed by atoms with Gasteiger partial charge in [0.1, 0.15) is 23.7 Å². The second kappa shape index (κ2) is 9.25. The van der Waals surface area contributed by atoms with Gasteiger partial charge in [0.05, 0.1) is 21.3 Å². The molecule has 0 spiro atoms. The number of amides is 1. The highest BCUT2D eigenvalue weighted by Crippen LogP contribution is 2.24. The van der Waals surface area contributed by atoms with Gasteiger partial charge >= 0.3 is 0 Å². The third-order valence-corrected chi connectivity index (χ3v) is 4.57. The minimum absolute atomic E-state index is 0.151. The van der Waals surface area contributed by atoms with Crippen molar-refractivity contribution in [1.29, 1.82) is 0 Å². The number of quaternary nitrogens is 1. The zero-order valence-corrected chi connectivity index (χ0v) is 17.1. The minimum atomic E-state index is -0.151. The summed E-state index contributed by atoms with van der Waals surface area (Å²) in [4.78, 5) is 13.4. The van der Waals surface area contributed by atoms with Gasteiger partial charge in [0, 0.05) is 23.3 Å². The number of benzene rings is 2. The summed E-state index contributed by atoms with van der Waals surface area (Å²) in [5.74, 6) is 1.65. The summed E-state index contributed by atoms with van der Waals surface area (Å²) >= 11 is 0. The molecule has 0 aliphatic heterocycles. The lowest BCUT2D eigenvalue weighted by molar-refractivity contribution is -0.885. The molecule has 1 atom stereocenters. The van der Waals surface area contributed by atoms with Crippen molar-refractivity contribution in [1.82, 2.24) is 5.16 Å². The van der Waals surface area contributed by atoms with E-state index in [1.54, 1.807) is 20.3 Å². The molecule has 3 rings (SSSR count). The van der Waals surface area contributed by atoms with Gasteiger partial charge in [-0.1, -0.05) is 35.0 Å². The molecule has 7 nitrogen and oxygen atoms in total. The first-order chi connectivity index (χ1) is 14.0. The van der Waals surface area contributed by atoms with Gasteiger partial charge in [-0.25, -0.2) is 0 Å². The Balaban J connectivity index is 1.57. The maximum Gasteiger partial charge on any atom is 0.281 e. The monoisotopic (exact) mass is 396 g/mol. The van der Waals surface area contributed by atoms with Crippen LogP contribution in [0.2, 0.25) is 0 Å². The smallest absolute Gasteiger partial charge is 0.281 e. The predicted octanol–water partition coefficient (Wildman–Crippen LogP) is 2.32. The number of nitrogens with zero attached hydrogens (tertiary/aromatic N) is 1. The molecule has 1 heterocycles. The lowest BCUT2D eigenvalue weighted by atomic mass is 10.1. The second-order valence-electron chi connectivity index (χ2n) is 6.98. The number of likely N-dealkylation sites (N-methyl/N-ethyl adjacent to an activating group) is 1. The topological polar surface area (TPSA) is 78.0 Å². The molecule has 7 heteroatoms. The van der Waals surface area contributed by atoms with E-state index in [-0.39, 0.29) is 12.5 Å². The number of anilines is 1. The number of carbonyl (C=O) groups excluding carboxylic acids is 1. The Labute approximate surface area is 170 Å². The fourth-order valence-corrected chi connectivity index (χ4v) is 3.04. The Morgan fingerprint density at radius 1 is 1.10 bits per heavy atom. The molecule has 0 aliphatic rings. The molecular formula is C22H26N3O4+. The molecule has 0 fully saturated rings. The number of nitrogens with one attached hydrogen (secondary N) is 2. The van der Waals surface area contributed by atoms with E-state index >= 15 is 0 Å². The Bertz CT molecular complexity index is 966. The van der Waals surface area contributed by atoms with E-state index < -0.39 is 0 Å². The van der Waals surface area contributed by atoms with Crippen molar-refractivity contribution < 1.29 is 23.7 Å². The van der Waals surface area contributed by atoms with Crippen LogP contribution in [-0.2, 0) is 11.3 Å². The van der Waals surface area contributed by atoms with Gasteiger partial charge in [-0.2, -0.15) is 0 Å². The standard InChI is InChI=1S/C22H25N3O4/c1-15-5-7-16(8-6-15)19-12-22(29-24-19)23-21(26)14-25(2)13-17-9-10-18(27-3)11-20(17)28-4/h5-12H,13-14H2,1-4H3,(H,23,26)/p+1. The molecule has 2 aromatic carbocycles. The van der Waals surface area contributed by atoms with E-state index in [9.17, 15) is 4.79 Å². The number of aryl methyl sites for hydroxylation is 1. The summed E-state index contributed by atoms with van der Waals surface area (Å²) in [6.45, 7) is 2.93. The largest absolute Gasteiger partial charge is 0.497 e. The number of methoxy groups -OCH3 is 2. The normalized spacial score (nSPS) is 11.7. The van der Waals surface area contributed by atoms with Crippen LogP contribution >= 0.6 is 0 Å². The summed E-state index contributed by atoms with van der Waals surface area (Å²) in [7, 11) is 5.18. The fourth-order valence-electron chi connectivity index (χ4n) is 3.04. The molecule has 0 bridgehead atoms. The number of ether oxygens (including phenoxy) is 2. The molecule has 1 unspecified atom stereocenters. The van der Waals surface area contributed by atoms with Crippen molar-refractivity contribution in [2.24, 2.45) is 0 Å². The summed E-state index contributed by atoms with van der Waals surface area (Å²) in [5.41, 5.74) is 3.79. The average molecular weight is 396 g/mol. The van der Waals surface area contributed by atoms with Crippen molar-refractivity contribution in [3.8, 4) is 22.8 Å². The quantitative estimate of drug-likeness (QED) is 0.611. The van der Waals surface area contributed by atoms with E-state index in [0.717, 1.165) is 27.5 Å². The van der Waals surface area contributed by atoms with Crippen LogP contribution in [0.4, 0.5) is 5.88 Å². The maximum absolute atomic E-state index is 12.4. The van der Waals surface area contributed by atoms with Gasteiger partial charge in [0.2, 0.25) is 5.88 Å². The molecule has 0 saturated carbocycles. The predicted molar refractivity (Wildman–Crippen MR) is 110 cm³/mol. The van der Waals surface area contributed by atoms with Crippen LogP contribution in [0.1, 0.15) is 11.1 Å². The first-order valence-corrected chi connectivity index (χ1v) is 9.34. The summed E-state index contributed by atoms with van der Waals surface area (Å²) in [5, 5.41) is 6.80. The molecule has 0 aliphatic carbocycles. The number of hydrogen-bond donors (Lipinski definition) is 2. The number of aromatic nitrogens is 1. The fraction of sp³-hybridized carbons (Fsp3) is 0.273. The van der Waals surface area contributed by atoms with Crippen molar-refractivity contribution >= 4 is 11.8 Å². The van der Waals surface area contributed by atoms with Crippen molar-refractivity contribution in [2.75, 3.05) is 33.1 Å². The summed E-state index contributed by atoms with van der Waals surface area (Å²) in [6, 6.07) is 15.4. The Kier molecular flexibility index (Phi) is 6.51. The maximum atomic E-state index is 12.4. The molecule has 2 N–H and O–H groups in total. The first-order valence-electron chi connectivity index (χ1n) is 9.34. The molecule has 0 saturated heterocycles. The highest BCUT2D eigenvalue weighted by Gasteiger charge is 2.16. The third-order valence-electron chi connectivity index (χ3n) is 4.57. The van der Waals surface area contributed by atoms with Crippen LogP contribution in [0.5, 0.6) is 11.5 Å². The SMILES string of the molecule is COc1ccc(C[NH+](C)CC(=O)Nc2cc(-c3ccc(C)cc3)no2)c(OC)c1. The molecule has 1 amide bonds. The van der Waals surface area contributed by atoms with E-state index in [2.05, 4.69) is 10.5 Å². The lowest BCUT2D eigenvalue weighted by Crippen LogP contribution is -3.08. The van der Waals surface area contributed by atoms with Crippen molar-refractivity contribution in [3.63, 3.8) is 0 Å². The van der Waals surface area contributed by atoms with Crippen LogP contribution in [-0.4, -0.2) is 38.9 Å². The van der Waals surface area contributed by atoms with E-state index in [1.165, 1.54) is 5.56 Å². The lowest BCUT2D eigenvalue weighted by Gasteiger charge is -2.16. The van der Waals surface area contributed by atoms with E-state index in [0.29, 0.717) is 18.1 Å². The van der Waals surface area contributed by atoms with Gasteiger partial charge in [0.15, 0.2) is 6.54 Å². The van der Waals surface area contributed by atoms with Crippen LogP contribution in [0.25, 0.3) is 11.3 Å². The zero-order valence-electron chi connectivity index (χ0n) is 17.1. The van der Waals surface area contributed by atoms with Crippen molar-refractivity contribution in [2.45, 2.75) is 13.5 Å². The Morgan fingerprint density at radius 3 is 2.55 bits per heavy atom. The minimum Gasteiger partial charge on any atom is -0.497 e. The van der Waals surface area contributed by atoms with Crippen molar-refractivity contribution in [3.05, 3.63) is 59.7 Å². The molecule has 152 valence electrons. The van der Waals surface area contributed by atoms with Crippen LogP contribution in [0.3, 0.4) is 0 Å². The Hall–Kier alpha value is -3.32. The summed E-state index contributed by atoms with van der Waals surface area (Å²) in [6.07, 6.45) is 0. The number of carbonyl (C=O) groups is 1. The zero-order chi connectivity index (χ0) is 20.8. The van der Waals surface area contributed by atoms with Crippen LogP contribution in [0.15, 0.2) is 53.1 Å². The van der Waals surface area contributed by atoms with E-state index in [4.69, 9.17) is 14.0 Å². The van der Waals surface area contributed by atoms with Gasteiger partial charge in [-0.05, 0) is 19.1 Å². The first kappa shape index (κ1) is 20.4. The van der Waals surface area contributed by atoms with Gasteiger partial charge < -0.3 is 18.9 Å². The number of hydrogen-bond acceptors (Lipinski definition) is 5. The molecule has 0 radical (unpaired) electrons. The molecular weight excluding hydrogens is 370 g/mol. The van der Waals surface area contributed by atoms with Gasteiger partial charge in [-0.15, -0.1) is 0 Å². The Morgan fingerprint density at radius 2 is 1.86 bits per heavy atom. The second-order valence-corrected chi connectivity index (χ2v) is 6.98. The third kappa shape index (κ3) is 5.36.